The van der Waals surface area contributed by atoms with Crippen molar-refractivity contribution in [2.24, 2.45) is 0 Å². The highest BCUT2D eigenvalue weighted by Gasteiger charge is 2.13. The third-order valence-electron chi connectivity index (χ3n) is 1.56. The lowest BCUT2D eigenvalue weighted by Crippen LogP contribution is -2.19. The van der Waals surface area contributed by atoms with Gasteiger partial charge in [0, 0.05) is 5.69 Å². The first-order chi connectivity index (χ1) is 6.61. The zero-order chi connectivity index (χ0) is 10.6. The Labute approximate surface area is 80.9 Å². The molecule has 72 valence electrons. The molecule has 0 atom stereocenters. The molecular formula is C10H9NO3. The van der Waals surface area contributed by atoms with E-state index >= 15 is 0 Å². The molecule has 2 N–H and O–H groups in total. The van der Waals surface area contributed by atoms with E-state index in [1.54, 1.807) is 30.3 Å². The van der Waals surface area contributed by atoms with E-state index in [0.29, 0.717) is 5.69 Å². The van der Waals surface area contributed by atoms with Crippen LogP contribution in [0.2, 0.25) is 0 Å². The molecule has 14 heavy (non-hydrogen) atoms. The zero-order valence-electron chi connectivity index (χ0n) is 7.36. The van der Waals surface area contributed by atoms with Crippen molar-refractivity contribution in [3.05, 3.63) is 42.5 Å². The number of carboxylic acids is 1. The highest BCUT2D eigenvalue weighted by Crippen LogP contribution is 2.06. The monoisotopic (exact) mass is 191 g/mol. The fraction of sp³-hybridized carbons (Fsp3) is 0. The molecule has 0 radical (unpaired) electrons. The van der Waals surface area contributed by atoms with Crippen molar-refractivity contribution < 1.29 is 14.7 Å². The van der Waals surface area contributed by atoms with Crippen LogP contribution in [0.15, 0.2) is 42.5 Å². The minimum absolute atomic E-state index is 0.478. The predicted molar refractivity (Wildman–Crippen MR) is 51.8 cm³/mol. The number of anilines is 1. The van der Waals surface area contributed by atoms with Crippen molar-refractivity contribution in [2.75, 3.05) is 5.32 Å². The third kappa shape index (κ3) is 2.45. The maximum absolute atomic E-state index is 11.2. The second-order valence-electron chi connectivity index (χ2n) is 2.60. The number of hydrogen-bond donors (Lipinski definition) is 2. The molecule has 0 aliphatic heterocycles. The van der Waals surface area contributed by atoms with Gasteiger partial charge in [0.2, 0.25) is 0 Å². The van der Waals surface area contributed by atoms with Crippen LogP contribution in [-0.4, -0.2) is 17.0 Å². The van der Waals surface area contributed by atoms with Crippen molar-refractivity contribution in [2.45, 2.75) is 0 Å². The van der Waals surface area contributed by atoms with Crippen LogP contribution in [0.3, 0.4) is 0 Å². The lowest BCUT2D eigenvalue weighted by molar-refractivity contribution is -0.134. The normalized spacial score (nSPS) is 9.14. The van der Waals surface area contributed by atoms with Gasteiger partial charge in [0.05, 0.1) is 0 Å². The Morgan fingerprint density at radius 2 is 1.79 bits per heavy atom. The lowest BCUT2D eigenvalue weighted by Gasteiger charge is -2.03. The summed E-state index contributed by atoms with van der Waals surface area (Å²) in [6.07, 6.45) is 0. The average Bonchev–Trinajstić information content (AvgIpc) is 2.18. The fourth-order valence-corrected chi connectivity index (χ4v) is 0.825. The largest absolute Gasteiger partial charge is 0.478 e. The first-order valence-corrected chi connectivity index (χ1v) is 3.90. The van der Waals surface area contributed by atoms with E-state index in [-0.39, 0.29) is 0 Å². The number of aliphatic carboxylic acids is 1. The summed E-state index contributed by atoms with van der Waals surface area (Å²) in [6, 6.07) is 8.58. The van der Waals surface area contributed by atoms with Gasteiger partial charge in [-0.1, -0.05) is 24.8 Å². The van der Waals surface area contributed by atoms with Crippen LogP contribution in [0.1, 0.15) is 0 Å². The fourth-order valence-electron chi connectivity index (χ4n) is 0.825. The zero-order valence-corrected chi connectivity index (χ0v) is 7.36. The SMILES string of the molecule is C=C(C(=O)O)C(=O)Nc1ccccc1. The van der Waals surface area contributed by atoms with Gasteiger partial charge in [-0.15, -0.1) is 0 Å². The summed E-state index contributed by atoms with van der Waals surface area (Å²) in [4.78, 5) is 21.5. The number of nitrogens with one attached hydrogen (secondary N) is 1. The number of amides is 1. The van der Waals surface area contributed by atoms with E-state index in [1.165, 1.54) is 0 Å². The average molecular weight is 191 g/mol. The van der Waals surface area contributed by atoms with Crippen LogP contribution in [0.25, 0.3) is 0 Å². The molecule has 0 spiro atoms. The second kappa shape index (κ2) is 4.23. The van der Waals surface area contributed by atoms with Crippen LogP contribution >= 0.6 is 0 Å². The Kier molecular flexibility index (Phi) is 3.01. The molecule has 0 aliphatic rings. The van der Waals surface area contributed by atoms with E-state index in [2.05, 4.69) is 11.9 Å². The quantitative estimate of drug-likeness (QED) is 0.429. The topological polar surface area (TPSA) is 66.4 Å². The Balaban J connectivity index is 2.67. The van der Waals surface area contributed by atoms with Gasteiger partial charge in [-0.25, -0.2) is 4.79 Å². The summed E-state index contributed by atoms with van der Waals surface area (Å²) in [5.41, 5.74) is 0.0637. The number of hydrogen-bond acceptors (Lipinski definition) is 2. The number of carboxylic acid groups (broad SMARTS) is 1. The highest BCUT2D eigenvalue weighted by molar-refractivity contribution is 6.19. The van der Waals surface area contributed by atoms with Crippen molar-refractivity contribution >= 4 is 17.6 Å². The minimum Gasteiger partial charge on any atom is -0.478 e. The van der Waals surface area contributed by atoms with Crippen molar-refractivity contribution in [3.63, 3.8) is 0 Å². The second-order valence-corrected chi connectivity index (χ2v) is 2.60. The van der Waals surface area contributed by atoms with Gasteiger partial charge in [0.1, 0.15) is 5.57 Å². The molecule has 0 unspecified atom stereocenters. The summed E-state index contributed by atoms with van der Waals surface area (Å²) < 4.78 is 0. The molecule has 1 amide bonds. The molecule has 0 heterocycles. The van der Waals surface area contributed by atoms with Gasteiger partial charge < -0.3 is 10.4 Å². The summed E-state index contributed by atoms with van der Waals surface area (Å²) in [5.74, 6) is -2.03. The van der Waals surface area contributed by atoms with Crippen LogP contribution in [0, 0.1) is 0 Å². The van der Waals surface area contributed by atoms with E-state index in [0.717, 1.165) is 0 Å². The Hall–Kier alpha value is -2.10. The first-order valence-electron chi connectivity index (χ1n) is 3.90. The van der Waals surface area contributed by atoms with Gasteiger partial charge in [-0.2, -0.15) is 0 Å². The summed E-state index contributed by atoms with van der Waals surface area (Å²) in [5, 5.41) is 10.9. The van der Waals surface area contributed by atoms with Gasteiger partial charge in [0.25, 0.3) is 5.91 Å². The standard InChI is InChI=1S/C10H9NO3/c1-7(10(13)14)9(12)11-8-5-3-2-4-6-8/h2-6H,1H2,(H,11,12)(H,13,14). The lowest BCUT2D eigenvalue weighted by atomic mass is 10.2. The molecule has 0 saturated heterocycles. The van der Waals surface area contributed by atoms with Crippen LogP contribution in [0.5, 0.6) is 0 Å². The molecule has 0 bridgehead atoms. The smallest absolute Gasteiger partial charge is 0.340 e. The number of benzene rings is 1. The summed E-state index contributed by atoms with van der Waals surface area (Å²) >= 11 is 0. The van der Waals surface area contributed by atoms with E-state index in [4.69, 9.17) is 5.11 Å². The summed E-state index contributed by atoms with van der Waals surface area (Å²) in [7, 11) is 0. The molecule has 0 saturated carbocycles. The number of carbonyl (C=O) groups is 2. The van der Waals surface area contributed by atoms with Crippen LogP contribution in [0.4, 0.5) is 5.69 Å². The van der Waals surface area contributed by atoms with Gasteiger partial charge >= 0.3 is 5.97 Å². The predicted octanol–water partition coefficient (Wildman–Crippen LogP) is 1.27. The summed E-state index contributed by atoms with van der Waals surface area (Å²) in [6.45, 7) is 3.14. The Morgan fingerprint density at radius 3 is 2.29 bits per heavy atom. The minimum atomic E-state index is -1.32. The molecule has 0 aliphatic carbocycles. The number of rotatable bonds is 3. The molecule has 1 aromatic carbocycles. The van der Waals surface area contributed by atoms with E-state index in [9.17, 15) is 9.59 Å². The van der Waals surface area contributed by atoms with Crippen molar-refractivity contribution in [3.8, 4) is 0 Å². The van der Waals surface area contributed by atoms with Crippen LogP contribution in [-0.2, 0) is 9.59 Å². The Morgan fingerprint density at radius 1 is 1.21 bits per heavy atom. The number of para-hydroxylation sites is 1. The molecule has 0 fully saturated rings. The molecular weight excluding hydrogens is 182 g/mol. The maximum atomic E-state index is 11.2. The molecule has 0 aromatic heterocycles. The molecule has 4 heteroatoms. The van der Waals surface area contributed by atoms with Crippen molar-refractivity contribution in [1.82, 2.24) is 0 Å². The molecule has 4 nitrogen and oxygen atoms in total. The van der Waals surface area contributed by atoms with Gasteiger partial charge in [-0.3, -0.25) is 4.79 Å². The van der Waals surface area contributed by atoms with Crippen molar-refractivity contribution in [1.29, 1.82) is 0 Å². The maximum Gasteiger partial charge on any atom is 0.340 e. The van der Waals surface area contributed by atoms with Gasteiger partial charge in [0.15, 0.2) is 0 Å². The Bertz CT molecular complexity index is 370. The van der Waals surface area contributed by atoms with Gasteiger partial charge in [-0.05, 0) is 12.1 Å². The van der Waals surface area contributed by atoms with E-state index in [1.807, 2.05) is 0 Å². The molecule has 1 rings (SSSR count). The number of carbonyl (C=O) groups excluding carboxylic acids is 1. The highest BCUT2D eigenvalue weighted by atomic mass is 16.4. The molecule has 1 aromatic rings. The first kappa shape index (κ1) is 9.98. The third-order valence-corrected chi connectivity index (χ3v) is 1.56. The van der Waals surface area contributed by atoms with E-state index < -0.39 is 17.4 Å². The van der Waals surface area contributed by atoms with Crippen LogP contribution < -0.4 is 5.32 Å².